The summed E-state index contributed by atoms with van der Waals surface area (Å²) in [6, 6.07) is 14.7. The number of hydrogen-bond acceptors (Lipinski definition) is 3. The molecule has 1 aromatic heterocycles. The number of piperidine rings is 1. The van der Waals surface area contributed by atoms with Crippen LogP contribution in [0.5, 0.6) is 0 Å². The fraction of sp³-hybridized carbons (Fsp3) is 0.368. The highest BCUT2D eigenvalue weighted by Crippen LogP contribution is 2.28. The first-order chi connectivity index (χ1) is 10.9. The van der Waals surface area contributed by atoms with Crippen molar-refractivity contribution in [2.45, 2.75) is 18.9 Å². The van der Waals surface area contributed by atoms with E-state index in [0.29, 0.717) is 6.04 Å². The number of rotatable bonds is 1. The lowest BCUT2D eigenvalue weighted by Gasteiger charge is -2.31. The minimum absolute atomic E-state index is 0.625. The Kier molecular flexibility index (Phi) is 3.62. The molecule has 0 aliphatic carbocycles. The highest BCUT2D eigenvalue weighted by atomic mass is 16.4. The van der Waals surface area contributed by atoms with Crippen LogP contribution in [0.3, 0.4) is 0 Å². The van der Waals surface area contributed by atoms with E-state index in [0.717, 1.165) is 30.3 Å². The summed E-state index contributed by atoms with van der Waals surface area (Å²) in [7, 11) is 0. The topological polar surface area (TPSA) is 19.6 Å². The summed E-state index contributed by atoms with van der Waals surface area (Å²) in [5.74, 6) is 8.00. The largest absolute Gasteiger partial charge is 0.432 e. The molecule has 0 atom stereocenters. The van der Waals surface area contributed by atoms with E-state index < -0.39 is 0 Å². The monoisotopic (exact) mass is 292 g/mol. The molecule has 0 N–H and O–H groups in total. The third kappa shape index (κ3) is 2.75. The van der Waals surface area contributed by atoms with E-state index in [1.165, 1.54) is 25.9 Å². The molecule has 2 bridgehead atoms. The number of nitrogens with zero attached hydrogens (tertiary/aromatic N) is 2. The van der Waals surface area contributed by atoms with Crippen LogP contribution >= 0.6 is 0 Å². The lowest BCUT2D eigenvalue weighted by atomic mass is 10.1. The van der Waals surface area contributed by atoms with Gasteiger partial charge in [0.05, 0.1) is 0 Å². The third-order valence-corrected chi connectivity index (χ3v) is 4.63. The molecule has 2 aromatic rings. The fourth-order valence-corrected chi connectivity index (χ4v) is 3.38. The molecule has 5 rings (SSSR count). The molecular formula is C19H20N2O. The Labute approximate surface area is 131 Å². The van der Waals surface area contributed by atoms with Gasteiger partial charge in [0.2, 0.25) is 0 Å². The normalized spacial score (nSPS) is 23.7. The van der Waals surface area contributed by atoms with Gasteiger partial charge >= 0.3 is 0 Å². The Hall–Kier alpha value is -2.18. The maximum atomic E-state index is 5.98. The van der Waals surface area contributed by atoms with E-state index in [9.17, 15) is 0 Å². The molecular weight excluding hydrogens is 272 g/mol. The minimum atomic E-state index is 0.625. The van der Waals surface area contributed by atoms with Gasteiger partial charge in [-0.3, -0.25) is 0 Å². The van der Waals surface area contributed by atoms with Crippen molar-refractivity contribution in [2.75, 3.05) is 31.1 Å². The van der Waals surface area contributed by atoms with Gasteiger partial charge in [0.15, 0.2) is 11.6 Å². The molecule has 3 nitrogen and oxygen atoms in total. The first-order valence-electron chi connectivity index (χ1n) is 8.04. The standard InChI is InChI=1S/C19H20N2O/c1-2-4-16(5-3-1)6-7-18-8-9-19(22-18)21-15-14-20-12-10-17(21)11-13-20/h1-5,8-9,17H,10-15H2. The van der Waals surface area contributed by atoms with Crippen LogP contribution in [0.4, 0.5) is 5.88 Å². The maximum Gasteiger partial charge on any atom is 0.197 e. The van der Waals surface area contributed by atoms with Gasteiger partial charge in [0, 0.05) is 43.9 Å². The molecule has 4 heterocycles. The number of benzene rings is 1. The molecule has 0 saturated carbocycles. The molecule has 0 amide bonds. The summed E-state index contributed by atoms with van der Waals surface area (Å²) in [6.07, 6.45) is 2.48. The summed E-state index contributed by atoms with van der Waals surface area (Å²) < 4.78 is 5.98. The van der Waals surface area contributed by atoms with E-state index in [2.05, 4.69) is 27.7 Å². The Bertz CT molecular complexity index is 687. The van der Waals surface area contributed by atoms with Crippen molar-refractivity contribution in [2.24, 2.45) is 0 Å². The second-order valence-corrected chi connectivity index (χ2v) is 6.02. The molecule has 0 spiro atoms. The Morgan fingerprint density at radius 2 is 1.68 bits per heavy atom. The van der Waals surface area contributed by atoms with Crippen molar-refractivity contribution in [3.63, 3.8) is 0 Å². The average Bonchev–Trinajstić information content (AvgIpc) is 2.84. The van der Waals surface area contributed by atoms with Crippen molar-refractivity contribution < 1.29 is 4.42 Å². The van der Waals surface area contributed by atoms with Crippen molar-refractivity contribution in [1.29, 1.82) is 0 Å². The molecule has 3 saturated heterocycles. The molecule has 112 valence electrons. The van der Waals surface area contributed by atoms with E-state index in [4.69, 9.17) is 4.42 Å². The van der Waals surface area contributed by atoms with E-state index >= 15 is 0 Å². The van der Waals surface area contributed by atoms with E-state index in [1.807, 2.05) is 36.4 Å². The third-order valence-electron chi connectivity index (χ3n) is 4.63. The van der Waals surface area contributed by atoms with Crippen LogP contribution in [-0.2, 0) is 0 Å². The zero-order chi connectivity index (χ0) is 14.8. The van der Waals surface area contributed by atoms with Gasteiger partial charge in [-0.15, -0.1) is 0 Å². The van der Waals surface area contributed by atoms with Crippen LogP contribution in [0.15, 0.2) is 46.9 Å². The predicted molar refractivity (Wildman–Crippen MR) is 87.9 cm³/mol. The zero-order valence-corrected chi connectivity index (χ0v) is 12.7. The van der Waals surface area contributed by atoms with Gasteiger partial charge in [-0.2, -0.15) is 0 Å². The Morgan fingerprint density at radius 1 is 0.864 bits per heavy atom. The summed E-state index contributed by atoms with van der Waals surface area (Å²) in [5, 5.41) is 0. The molecule has 3 fully saturated rings. The number of fused-ring (bicyclic) bond motifs is 4. The van der Waals surface area contributed by atoms with Gasteiger partial charge in [-0.25, -0.2) is 0 Å². The number of furan rings is 1. The van der Waals surface area contributed by atoms with Crippen LogP contribution in [0.25, 0.3) is 0 Å². The summed E-state index contributed by atoms with van der Waals surface area (Å²) >= 11 is 0. The SMILES string of the molecule is C(#Cc1ccc(N2CCN3CCC2CC3)o1)c1ccccc1. The second kappa shape index (κ2) is 5.90. The average molecular weight is 292 g/mol. The Balaban J connectivity index is 1.53. The fourth-order valence-electron chi connectivity index (χ4n) is 3.38. The molecule has 3 heteroatoms. The molecule has 1 aromatic carbocycles. The van der Waals surface area contributed by atoms with E-state index in [1.54, 1.807) is 0 Å². The van der Waals surface area contributed by atoms with Crippen LogP contribution in [-0.4, -0.2) is 37.1 Å². The number of hydrogen-bond donors (Lipinski definition) is 0. The van der Waals surface area contributed by atoms with Crippen LogP contribution < -0.4 is 4.90 Å². The first kappa shape index (κ1) is 13.5. The second-order valence-electron chi connectivity index (χ2n) is 6.02. The zero-order valence-electron chi connectivity index (χ0n) is 12.7. The quantitative estimate of drug-likeness (QED) is 0.753. The maximum absolute atomic E-state index is 5.98. The summed E-state index contributed by atoms with van der Waals surface area (Å²) in [6.45, 7) is 4.65. The smallest absolute Gasteiger partial charge is 0.197 e. The van der Waals surface area contributed by atoms with Crippen molar-refractivity contribution >= 4 is 5.88 Å². The first-order valence-corrected chi connectivity index (χ1v) is 8.04. The van der Waals surface area contributed by atoms with Crippen molar-refractivity contribution in [1.82, 2.24) is 4.90 Å². The van der Waals surface area contributed by atoms with Gasteiger partial charge in [0.1, 0.15) is 0 Å². The highest BCUT2D eigenvalue weighted by molar-refractivity contribution is 5.45. The van der Waals surface area contributed by atoms with E-state index in [-0.39, 0.29) is 0 Å². The lowest BCUT2D eigenvalue weighted by Crippen LogP contribution is -2.37. The van der Waals surface area contributed by atoms with Crippen molar-refractivity contribution in [3.05, 3.63) is 53.8 Å². The van der Waals surface area contributed by atoms with Crippen LogP contribution in [0, 0.1) is 11.8 Å². The van der Waals surface area contributed by atoms with Gasteiger partial charge in [0.25, 0.3) is 0 Å². The summed E-state index contributed by atoms with van der Waals surface area (Å²) in [5.41, 5.74) is 1.02. The minimum Gasteiger partial charge on any atom is -0.432 e. The van der Waals surface area contributed by atoms with Crippen LogP contribution in [0.2, 0.25) is 0 Å². The molecule has 3 aliphatic rings. The molecule has 0 unspecified atom stereocenters. The van der Waals surface area contributed by atoms with Gasteiger partial charge in [-0.05, 0) is 37.0 Å². The van der Waals surface area contributed by atoms with Crippen LogP contribution in [0.1, 0.15) is 24.2 Å². The highest BCUT2D eigenvalue weighted by Gasteiger charge is 2.30. The van der Waals surface area contributed by atoms with Gasteiger partial charge in [-0.1, -0.05) is 24.1 Å². The Morgan fingerprint density at radius 3 is 2.50 bits per heavy atom. The molecule has 22 heavy (non-hydrogen) atoms. The van der Waals surface area contributed by atoms with Gasteiger partial charge < -0.3 is 14.2 Å². The van der Waals surface area contributed by atoms with Crippen molar-refractivity contribution in [3.8, 4) is 11.8 Å². The molecule has 3 aliphatic heterocycles. The number of anilines is 1. The molecule has 0 radical (unpaired) electrons. The lowest BCUT2D eigenvalue weighted by molar-refractivity contribution is 0.249. The predicted octanol–water partition coefficient (Wildman–Crippen LogP) is 2.96. The summed E-state index contributed by atoms with van der Waals surface area (Å²) in [4.78, 5) is 4.98.